The number of nitrogens with zero attached hydrogens (tertiary/aromatic N) is 2. The predicted octanol–water partition coefficient (Wildman–Crippen LogP) is 3.25. The van der Waals surface area contributed by atoms with E-state index in [1.54, 1.807) is 24.4 Å². The fourth-order valence-corrected chi connectivity index (χ4v) is 2.72. The Hall–Kier alpha value is -3.85. The normalized spacial score (nSPS) is 11.1. The van der Waals surface area contributed by atoms with Gasteiger partial charge in [0.1, 0.15) is 0 Å². The summed E-state index contributed by atoms with van der Waals surface area (Å²) >= 11 is 0. The van der Waals surface area contributed by atoms with Gasteiger partial charge in [0.15, 0.2) is 18.1 Å². The van der Waals surface area contributed by atoms with Gasteiger partial charge >= 0.3 is 0 Å². The van der Waals surface area contributed by atoms with Crippen LogP contribution in [0.2, 0.25) is 0 Å². The number of carbonyl (C=O) groups excluding carboxylic acids is 1. The average molecular weight is 373 g/mol. The lowest BCUT2D eigenvalue weighted by atomic mass is 10.0. The predicted molar refractivity (Wildman–Crippen MR) is 104 cm³/mol. The molecule has 6 nitrogen and oxygen atoms in total. The smallest absolute Gasteiger partial charge is 0.258 e. The fraction of sp³-hybridized carbons (Fsp3) is 0.136. The van der Waals surface area contributed by atoms with Crippen LogP contribution in [-0.2, 0) is 4.79 Å². The summed E-state index contributed by atoms with van der Waals surface area (Å²) in [6, 6.07) is 21.6. The van der Waals surface area contributed by atoms with Gasteiger partial charge in [0, 0.05) is 12.3 Å². The van der Waals surface area contributed by atoms with Crippen molar-refractivity contribution in [2.24, 2.45) is 0 Å². The van der Waals surface area contributed by atoms with Crippen molar-refractivity contribution in [1.82, 2.24) is 10.3 Å². The molecule has 1 heterocycles. The lowest BCUT2D eigenvalue weighted by molar-refractivity contribution is -0.123. The molecule has 0 aliphatic rings. The Morgan fingerprint density at radius 1 is 1.11 bits per heavy atom. The number of rotatable bonds is 7. The highest BCUT2D eigenvalue weighted by atomic mass is 16.5. The van der Waals surface area contributed by atoms with Crippen molar-refractivity contribution in [1.29, 1.82) is 5.26 Å². The van der Waals surface area contributed by atoms with Crippen LogP contribution >= 0.6 is 0 Å². The highest BCUT2D eigenvalue weighted by molar-refractivity contribution is 5.78. The summed E-state index contributed by atoms with van der Waals surface area (Å²) < 4.78 is 10.8. The molecule has 0 radical (unpaired) electrons. The number of pyridine rings is 1. The van der Waals surface area contributed by atoms with Crippen molar-refractivity contribution in [2.75, 3.05) is 13.7 Å². The second-order valence-electron chi connectivity index (χ2n) is 5.93. The summed E-state index contributed by atoms with van der Waals surface area (Å²) in [5.74, 6) is 0.493. The summed E-state index contributed by atoms with van der Waals surface area (Å²) in [6.07, 6.45) is 1.69. The van der Waals surface area contributed by atoms with Crippen LogP contribution < -0.4 is 14.8 Å². The second kappa shape index (κ2) is 9.19. The third kappa shape index (κ3) is 4.65. The van der Waals surface area contributed by atoms with Crippen LogP contribution in [0.5, 0.6) is 11.5 Å². The van der Waals surface area contributed by atoms with E-state index in [1.165, 1.54) is 7.11 Å². The molecule has 0 aliphatic heterocycles. The zero-order valence-electron chi connectivity index (χ0n) is 15.3. The third-order valence-corrected chi connectivity index (χ3v) is 4.07. The van der Waals surface area contributed by atoms with Crippen molar-refractivity contribution in [2.45, 2.75) is 6.04 Å². The molecule has 3 rings (SSSR count). The van der Waals surface area contributed by atoms with Crippen LogP contribution in [0.3, 0.4) is 0 Å². The standard InChI is InChI=1S/C22H19N3O3/c1-27-20-13-16(14-23)10-11-19(20)28-15-21(26)25-22(17-7-3-2-4-8-17)18-9-5-6-12-24-18/h2-13,22H,15H2,1H3,(H,25,26). The van der Waals surface area contributed by atoms with E-state index in [2.05, 4.69) is 10.3 Å². The lowest BCUT2D eigenvalue weighted by Crippen LogP contribution is -2.33. The molecule has 0 saturated heterocycles. The molecule has 3 aromatic rings. The quantitative estimate of drug-likeness (QED) is 0.687. The van der Waals surface area contributed by atoms with Crippen LogP contribution in [0.1, 0.15) is 22.9 Å². The number of benzene rings is 2. The minimum atomic E-state index is -0.388. The van der Waals surface area contributed by atoms with Crippen LogP contribution in [-0.4, -0.2) is 24.6 Å². The van der Waals surface area contributed by atoms with Crippen molar-refractivity contribution in [3.8, 4) is 17.6 Å². The van der Waals surface area contributed by atoms with E-state index in [0.29, 0.717) is 17.1 Å². The van der Waals surface area contributed by atoms with Gasteiger partial charge in [0.25, 0.3) is 5.91 Å². The Labute approximate surface area is 163 Å². The van der Waals surface area contributed by atoms with E-state index in [0.717, 1.165) is 11.3 Å². The monoisotopic (exact) mass is 373 g/mol. The zero-order valence-corrected chi connectivity index (χ0v) is 15.3. The van der Waals surface area contributed by atoms with Crippen molar-refractivity contribution in [3.05, 3.63) is 89.7 Å². The Morgan fingerprint density at radius 2 is 1.89 bits per heavy atom. The highest BCUT2D eigenvalue weighted by Gasteiger charge is 2.18. The number of nitriles is 1. The number of nitrogens with one attached hydrogen (secondary N) is 1. The first-order valence-electron chi connectivity index (χ1n) is 8.67. The molecule has 0 bridgehead atoms. The first-order valence-corrected chi connectivity index (χ1v) is 8.67. The Bertz CT molecular complexity index is 930. The van der Waals surface area contributed by atoms with Crippen LogP contribution in [0.4, 0.5) is 0 Å². The molecule has 0 saturated carbocycles. The molecule has 1 atom stereocenters. The average Bonchev–Trinajstić information content (AvgIpc) is 2.77. The van der Waals surface area contributed by atoms with Gasteiger partial charge in [-0.25, -0.2) is 0 Å². The Kier molecular flexibility index (Phi) is 6.21. The van der Waals surface area contributed by atoms with Crippen LogP contribution in [0.25, 0.3) is 0 Å². The summed E-state index contributed by atoms with van der Waals surface area (Å²) in [7, 11) is 1.48. The van der Waals surface area contributed by atoms with E-state index < -0.39 is 0 Å². The molecule has 2 aromatic carbocycles. The van der Waals surface area contributed by atoms with Gasteiger partial charge < -0.3 is 14.8 Å². The van der Waals surface area contributed by atoms with Gasteiger partial charge in [-0.1, -0.05) is 36.4 Å². The number of methoxy groups -OCH3 is 1. The molecule has 1 N–H and O–H groups in total. The van der Waals surface area contributed by atoms with Gasteiger partial charge in [-0.2, -0.15) is 5.26 Å². The van der Waals surface area contributed by atoms with Gasteiger partial charge in [-0.05, 0) is 29.8 Å². The topological polar surface area (TPSA) is 84.2 Å². The van der Waals surface area contributed by atoms with Crippen LogP contribution in [0.15, 0.2) is 72.9 Å². The third-order valence-electron chi connectivity index (χ3n) is 4.07. The zero-order chi connectivity index (χ0) is 19.8. The van der Waals surface area contributed by atoms with Crippen molar-refractivity contribution >= 4 is 5.91 Å². The van der Waals surface area contributed by atoms with Gasteiger partial charge in [0.2, 0.25) is 0 Å². The molecule has 0 spiro atoms. The molecule has 1 amide bonds. The largest absolute Gasteiger partial charge is 0.493 e. The molecular weight excluding hydrogens is 354 g/mol. The van der Waals surface area contributed by atoms with Gasteiger partial charge in [-0.3, -0.25) is 9.78 Å². The lowest BCUT2D eigenvalue weighted by Gasteiger charge is -2.19. The van der Waals surface area contributed by atoms with E-state index in [1.807, 2.05) is 54.6 Å². The summed E-state index contributed by atoms with van der Waals surface area (Å²) in [5, 5.41) is 11.9. The van der Waals surface area contributed by atoms with E-state index in [9.17, 15) is 4.79 Å². The van der Waals surface area contributed by atoms with Gasteiger partial charge in [0.05, 0.1) is 30.5 Å². The minimum Gasteiger partial charge on any atom is -0.493 e. The maximum atomic E-state index is 12.5. The van der Waals surface area contributed by atoms with E-state index in [-0.39, 0.29) is 18.6 Å². The number of aromatic nitrogens is 1. The number of hydrogen-bond donors (Lipinski definition) is 1. The molecule has 0 aliphatic carbocycles. The maximum absolute atomic E-state index is 12.5. The maximum Gasteiger partial charge on any atom is 0.258 e. The molecule has 140 valence electrons. The van der Waals surface area contributed by atoms with Gasteiger partial charge in [-0.15, -0.1) is 0 Å². The molecule has 28 heavy (non-hydrogen) atoms. The second-order valence-corrected chi connectivity index (χ2v) is 5.93. The molecule has 1 unspecified atom stereocenters. The van der Waals surface area contributed by atoms with E-state index in [4.69, 9.17) is 14.7 Å². The summed E-state index contributed by atoms with van der Waals surface area (Å²) in [6.45, 7) is -0.196. The summed E-state index contributed by atoms with van der Waals surface area (Å²) in [5.41, 5.74) is 2.11. The highest BCUT2D eigenvalue weighted by Crippen LogP contribution is 2.28. The molecule has 6 heteroatoms. The molecular formula is C22H19N3O3. The molecule has 0 fully saturated rings. The number of amides is 1. The first-order chi connectivity index (χ1) is 13.7. The Morgan fingerprint density at radius 3 is 2.57 bits per heavy atom. The Balaban J connectivity index is 1.72. The number of hydrogen-bond acceptors (Lipinski definition) is 5. The van der Waals surface area contributed by atoms with Crippen molar-refractivity contribution in [3.63, 3.8) is 0 Å². The number of carbonyl (C=O) groups is 1. The summed E-state index contributed by atoms with van der Waals surface area (Å²) in [4.78, 5) is 16.9. The number of ether oxygens (including phenoxy) is 2. The van der Waals surface area contributed by atoms with Crippen LogP contribution in [0, 0.1) is 11.3 Å². The first kappa shape index (κ1) is 18.9. The fourth-order valence-electron chi connectivity index (χ4n) is 2.72. The minimum absolute atomic E-state index is 0.196. The molecule has 1 aromatic heterocycles. The SMILES string of the molecule is COc1cc(C#N)ccc1OCC(=O)NC(c1ccccc1)c1ccccn1. The van der Waals surface area contributed by atoms with Crippen molar-refractivity contribution < 1.29 is 14.3 Å². The van der Waals surface area contributed by atoms with E-state index >= 15 is 0 Å².